The van der Waals surface area contributed by atoms with Crippen molar-refractivity contribution in [3.63, 3.8) is 0 Å². The van der Waals surface area contributed by atoms with Crippen molar-refractivity contribution in [2.75, 3.05) is 7.11 Å². The van der Waals surface area contributed by atoms with E-state index in [1.165, 1.54) is 12.8 Å². The van der Waals surface area contributed by atoms with Gasteiger partial charge in [0.25, 0.3) is 0 Å². The van der Waals surface area contributed by atoms with Crippen LogP contribution in [0.3, 0.4) is 0 Å². The number of methoxy groups -OCH3 is 1. The molecule has 0 aromatic rings. The average Bonchev–Trinajstić information content (AvgIpc) is 3.01. The molecule has 0 bridgehead atoms. The molecule has 0 saturated heterocycles. The fraction of sp³-hybridized carbons (Fsp3) is 0.870. The van der Waals surface area contributed by atoms with Gasteiger partial charge >= 0.3 is 0 Å². The summed E-state index contributed by atoms with van der Waals surface area (Å²) in [6.07, 6.45) is 10.6. The normalized spacial score (nSPS) is 53.3. The molecule has 9 atom stereocenters. The number of ether oxygens (including phenoxy) is 1. The minimum atomic E-state index is -0.249. The lowest BCUT2D eigenvalue weighted by molar-refractivity contribution is -0.189. The number of hydrogen-bond acceptors (Lipinski definition) is 3. The van der Waals surface area contributed by atoms with Crippen LogP contribution in [0.4, 0.5) is 0 Å². The Morgan fingerprint density at radius 1 is 1.23 bits per heavy atom. The van der Waals surface area contributed by atoms with E-state index >= 15 is 0 Å². The standard InChI is InChI=1S/C23H36O3/c1-5-15-7-9-19-18-8-6-16-12-17(25)10-11-22(16,3)21(18)20(26-4)13-23(15,19)14(2)24/h5,15-21,25H,1,6-13H2,2-4H3/t15?,16-,17+,18-,19-,20-,21+,22-,23-/m0/s1. The molecule has 4 rings (SSSR count). The molecule has 0 aliphatic heterocycles. The summed E-state index contributed by atoms with van der Waals surface area (Å²) in [5.41, 5.74) is -0.000983. The van der Waals surface area contributed by atoms with Gasteiger partial charge in [-0.25, -0.2) is 0 Å². The second-order valence-electron chi connectivity index (χ2n) is 10.00. The summed E-state index contributed by atoms with van der Waals surface area (Å²) in [7, 11) is 1.85. The second-order valence-corrected chi connectivity index (χ2v) is 10.00. The van der Waals surface area contributed by atoms with E-state index in [1.807, 2.05) is 14.0 Å². The molecule has 146 valence electrons. The molecule has 0 aromatic carbocycles. The summed E-state index contributed by atoms with van der Waals surface area (Å²) in [5.74, 6) is 2.87. The Kier molecular flexibility index (Phi) is 4.63. The van der Waals surface area contributed by atoms with Crippen LogP contribution < -0.4 is 0 Å². The molecule has 4 aliphatic rings. The molecule has 3 nitrogen and oxygen atoms in total. The highest BCUT2D eigenvalue weighted by molar-refractivity contribution is 5.84. The van der Waals surface area contributed by atoms with E-state index in [-0.39, 0.29) is 23.0 Å². The second kappa shape index (κ2) is 6.44. The fourth-order valence-corrected chi connectivity index (χ4v) is 8.23. The van der Waals surface area contributed by atoms with Crippen molar-refractivity contribution in [1.82, 2.24) is 0 Å². The van der Waals surface area contributed by atoms with E-state index in [4.69, 9.17) is 4.74 Å². The largest absolute Gasteiger partial charge is 0.393 e. The van der Waals surface area contributed by atoms with E-state index in [0.29, 0.717) is 35.4 Å². The summed E-state index contributed by atoms with van der Waals surface area (Å²) >= 11 is 0. The number of rotatable bonds is 3. The van der Waals surface area contributed by atoms with Gasteiger partial charge in [0.2, 0.25) is 0 Å². The molecule has 4 saturated carbocycles. The molecular weight excluding hydrogens is 324 g/mol. The predicted octanol–water partition coefficient (Wildman–Crippen LogP) is 4.39. The molecular formula is C23H36O3. The molecule has 0 heterocycles. The summed E-state index contributed by atoms with van der Waals surface area (Å²) in [5, 5.41) is 10.2. The molecule has 4 fully saturated rings. The first-order chi connectivity index (χ1) is 12.4. The Morgan fingerprint density at radius 2 is 2.00 bits per heavy atom. The highest BCUT2D eigenvalue weighted by Gasteiger charge is 2.65. The fourth-order valence-electron chi connectivity index (χ4n) is 8.23. The Morgan fingerprint density at radius 3 is 2.65 bits per heavy atom. The van der Waals surface area contributed by atoms with Gasteiger partial charge in [0.05, 0.1) is 12.2 Å². The maximum atomic E-state index is 13.0. The molecule has 0 spiro atoms. The van der Waals surface area contributed by atoms with Crippen molar-refractivity contribution in [3.05, 3.63) is 12.7 Å². The predicted molar refractivity (Wildman–Crippen MR) is 103 cm³/mol. The Bertz CT molecular complexity index is 586. The zero-order chi connectivity index (χ0) is 18.7. The minimum absolute atomic E-state index is 0.123. The third-order valence-corrected chi connectivity index (χ3v) is 9.39. The molecule has 0 aromatic heterocycles. The number of ketones is 1. The van der Waals surface area contributed by atoms with Crippen LogP contribution in [0, 0.1) is 40.4 Å². The summed E-state index contributed by atoms with van der Waals surface area (Å²) in [6, 6.07) is 0. The third-order valence-electron chi connectivity index (χ3n) is 9.39. The average molecular weight is 361 g/mol. The zero-order valence-corrected chi connectivity index (χ0v) is 16.7. The van der Waals surface area contributed by atoms with Gasteiger partial charge in [-0.15, -0.1) is 6.58 Å². The lowest BCUT2D eigenvalue weighted by Crippen LogP contribution is -2.61. The Balaban J connectivity index is 1.75. The highest BCUT2D eigenvalue weighted by Crippen LogP contribution is 2.68. The molecule has 3 heteroatoms. The summed E-state index contributed by atoms with van der Waals surface area (Å²) < 4.78 is 6.13. The van der Waals surface area contributed by atoms with E-state index in [9.17, 15) is 9.90 Å². The van der Waals surface area contributed by atoms with Crippen molar-refractivity contribution >= 4 is 5.78 Å². The van der Waals surface area contributed by atoms with Gasteiger partial charge in [-0.1, -0.05) is 13.0 Å². The lowest BCUT2D eigenvalue weighted by Gasteiger charge is -2.62. The molecule has 1 N–H and O–H groups in total. The van der Waals surface area contributed by atoms with Gasteiger partial charge < -0.3 is 9.84 Å². The maximum Gasteiger partial charge on any atom is 0.136 e. The van der Waals surface area contributed by atoms with Gasteiger partial charge in [-0.05, 0) is 93.3 Å². The molecule has 0 radical (unpaired) electrons. The molecule has 26 heavy (non-hydrogen) atoms. The number of allylic oxidation sites excluding steroid dienone is 1. The zero-order valence-electron chi connectivity index (χ0n) is 16.7. The van der Waals surface area contributed by atoms with Gasteiger partial charge in [-0.3, -0.25) is 4.79 Å². The van der Waals surface area contributed by atoms with Crippen molar-refractivity contribution in [1.29, 1.82) is 0 Å². The van der Waals surface area contributed by atoms with Crippen LogP contribution in [-0.2, 0) is 9.53 Å². The number of carbonyl (C=O) groups excluding carboxylic acids is 1. The van der Waals surface area contributed by atoms with Gasteiger partial charge in [0, 0.05) is 12.5 Å². The third kappa shape index (κ3) is 2.35. The van der Waals surface area contributed by atoms with Crippen LogP contribution >= 0.6 is 0 Å². The number of fused-ring (bicyclic) bond motifs is 5. The molecule has 0 amide bonds. The topological polar surface area (TPSA) is 46.5 Å². The number of Topliss-reactive ketones (excluding diaryl/α,β-unsaturated/α-hetero) is 1. The molecule has 4 aliphatic carbocycles. The quantitative estimate of drug-likeness (QED) is 0.760. The van der Waals surface area contributed by atoms with Crippen molar-refractivity contribution in [3.8, 4) is 0 Å². The monoisotopic (exact) mass is 360 g/mol. The van der Waals surface area contributed by atoms with Crippen molar-refractivity contribution < 1.29 is 14.6 Å². The number of aliphatic hydroxyl groups is 1. The number of aliphatic hydroxyl groups excluding tert-OH is 1. The lowest BCUT2D eigenvalue weighted by atomic mass is 9.43. The summed E-state index contributed by atoms with van der Waals surface area (Å²) in [4.78, 5) is 13.0. The number of hydrogen-bond donors (Lipinski definition) is 1. The van der Waals surface area contributed by atoms with E-state index in [2.05, 4.69) is 19.6 Å². The van der Waals surface area contributed by atoms with Crippen LogP contribution in [0.25, 0.3) is 0 Å². The highest BCUT2D eigenvalue weighted by atomic mass is 16.5. The Hall–Kier alpha value is -0.670. The van der Waals surface area contributed by atoms with Crippen molar-refractivity contribution in [2.24, 2.45) is 40.4 Å². The first-order valence-electron chi connectivity index (χ1n) is 10.7. The summed E-state index contributed by atoms with van der Waals surface area (Å²) in [6.45, 7) is 8.36. The van der Waals surface area contributed by atoms with Crippen LogP contribution in [0.5, 0.6) is 0 Å². The van der Waals surface area contributed by atoms with Crippen LogP contribution in [0.15, 0.2) is 12.7 Å². The first-order valence-corrected chi connectivity index (χ1v) is 10.7. The van der Waals surface area contributed by atoms with Crippen LogP contribution in [0.1, 0.15) is 65.2 Å². The Labute approximate surface area is 158 Å². The smallest absolute Gasteiger partial charge is 0.136 e. The van der Waals surface area contributed by atoms with Gasteiger partial charge in [0.1, 0.15) is 5.78 Å². The van der Waals surface area contributed by atoms with E-state index < -0.39 is 0 Å². The number of carbonyl (C=O) groups is 1. The van der Waals surface area contributed by atoms with Crippen LogP contribution in [-0.4, -0.2) is 30.2 Å². The first kappa shape index (κ1) is 18.7. The van der Waals surface area contributed by atoms with Crippen LogP contribution in [0.2, 0.25) is 0 Å². The van der Waals surface area contributed by atoms with E-state index in [0.717, 1.165) is 38.5 Å². The SMILES string of the molecule is C=CC1CC[C@H]2[C@@H]3CC[C@H]4C[C@H](O)CC[C@]4(C)[C@H]3[C@@H](OC)C[C@]12C(C)=O. The minimum Gasteiger partial charge on any atom is -0.393 e. The van der Waals surface area contributed by atoms with E-state index in [1.54, 1.807) is 0 Å². The maximum absolute atomic E-state index is 13.0. The van der Waals surface area contributed by atoms with Crippen molar-refractivity contribution in [2.45, 2.75) is 77.4 Å². The van der Waals surface area contributed by atoms with Gasteiger partial charge in [-0.2, -0.15) is 0 Å². The van der Waals surface area contributed by atoms with Gasteiger partial charge in [0.15, 0.2) is 0 Å². The molecule has 1 unspecified atom stereocenters.